The third-order valence-electron chi connectivity index (χ3n) is 6.61. The molecule has 1 amide bonds. The van der Waals surface area contributed by atoms with E-state index >= 15 is 0 Å². The molecule has 0 saturated heterocycles. The molecule has 0 unspecified atom stereocenters. The number of anilines is 1. The molecule has 3 aromatic heterocycles. The minimum Gasteiger partial charge on any atom is -0.326 e. The third kappa shape index (κ3) is 5.33. The first-order valence-corrected chi connectivity index (χ1v) is 13.7. The molecule has 0 atom stereocenters. The van der Waals surface area contributed by atoms with E-state index in [2.05, 4.69) is 23.5 Å². The predicted octanol–water partition coefficient (Wildman–Crippen LogP) is 9.13. The topological polar surface area (TPSA) is 46.4 Å². The molecule has 6 rings (SSSR count). The summed E-state index contributed by atoms with van der Waals surface area (Å²) in [6, 6.07) is 26.3. The fraction of sp³-hybridized carbons (Fsp3) is 0.0968. The summed E-state index contributed by atoms with van der Waals surface area (Å²) in [6.07, 6.45) is -2.10. The van der Waals surface area contributed by atoms with Gasteiger partial charge in [0.15, 0.2) is 0 Å². The van der Waals surface area contributed by atoms with Gasteiger partial charge < -0.3 is 9.72 Å². The number of rotatable bonds is 6. The second-order valence-corrected chi connectivity index (χ2v) is 10.9. The van der Waals surface area contributed by atoms with Gasteiger partial charge >= 0.3 is 6.18 Å². The molecule has 0 aliphatic carbocycles. The van der Waals surface area contributed by atoms with Crippen molar-refractivity contribution in [1.29, 1.82) is 0 Å². The average molecular weight is 576 g/mol. The van der Waals surface area contributed by atoms with Crippen LogP contribution >= 0.6 is 22.9 Å². The second kappa shape index (κ2) is 10.4. The summed E-state index contributed by atoms with van der Waals surface area (Å²) in [5.74, 6) is -0.392. The predicted molar refractivity (Wildman–Crippen MR) is 155 cm³/mol. The van der Waals surface area contributed by atoms with Crippen molar-refractivity contribution in [3.63, 3.8) is 0 Å². The lowest BCUT2D eigenvalue weighted by Crippen LogP contribution is -2.14. The maximum atomic E-state index is 13.1. The lowest BCUT2D eigenvalue weighted by atomic mass is 10.1. The van der Waals surface area contributed by atoms with E-state index in [1.54, 1.807) is 23.5 Å². The Kier molecular flexibility index (Phi) is 6.82. The van der Waals surface area contributed by atoms with Crippen LogP contribution in [0.25, 0.3) is 37.4 Å². The van der Waals surface area contributed by atoms with Gasteiger partial charge in [0, 0.05) is 44.0 Å². The first-order valence-electron chi connectivity index (χ1n) is 12.5. The number of nitrogens with one attached hydrogen (secondary N) is 1. The summed E-state index contributed by atoms with van der Waals surface area (Å²) in [6.45, 7) is 0. The highest BCUT2D eigenvalue weighted by atomic mass is 35.5. The molecule has 40 heavy (non-hydrogen) atoms. The quantitative estimate of drug-likeness (QED) is 0.215. The number of hydrogen-bond donors (Lipinski definition) is 1. The van der Waals surface area contributed by atoms with Crippen LogP contribution in [0.1, 0.15) is 17.7 Å². The Balaban J connectivity index is 1.34. The van der Waals surface area contributed by atoms with Gasteiger partial charge in [-0.3, -0.25) is 4.79 Å². The molecule has 0 radical (unpaired) electrons. The standard InChI is InChI=1S/C31H21ClF3N3OS/c32-23-11-8-19(9-12-23)30-25(13-15-29(39)36-24-6-3-5-22(17-24)31(33,34)35)38-18-21(10-14-28(38)37-30)27-16-20-4-1-2-7-26(20)40-27/h1-12,14,16-18H,13,15H2,(H,36,39). The first kappa shape index (κ1) is 26.1. The van der Waals surface area contributed by atoms with Crippen molar-refractivity contribution in [3.8, 4) is 21.7 Å². The minimum atomic E-state index is -4.49. The Hall–Kier alpha value is -4.14. The number of nitrogens with zero attached hydrogens (tertiary/aromatic N) is 2. The van der Waals surface area contributed by atoms with E-state index in [1.165, 1.54) is 22.2 Å². The van der Waals surface area contributed by atoms with Crippen LogP contribution in [0.5, 0.6) is 0 Å². The summed E-state index contributed by atoms with van der Waals surface area (Å²) < 4.78 is 42.5. The van der Waals surface area contributed by atoms with Crippen LogP contribution in [0.15, 0.2) is 97.2 Å². The van der Waals surface area contributed by atoms with Crippen molar-refractivity contribution >= 4 is 50.3 Å². The zero-order valence-corrected chi connectivity index (χ0v) is 22.4. The summed E-state index contributed by atoms with van der Waals surface area (Å²) in [7, 11) is 0. The lowest BCUT2D eigenvalue weighted by Gasteiger charge is -2.10. The number of halogens is 4. The number of imidazole rings is 1. The van der Waals surface area contributed by atoms with Gasteiger partial charge in [0.1, 0.15) is 5.65 Å². The average Bonchev–Trinajstić information content (AvgIpc) is 3.53. The van der Waals surface area contributed by atoms with Gasteiger partial charge in [0.05, 0.1) is 17.0 Å². The molecule has 4 nitrogen and oxygen atoms in total. The van der Waals surface area contributed by atoms with Crippen LogP contribution in [0.4, 0.5) is 18.9 Å². The zero-order valence-electron chi connectivity index (χ0n) is 20.9. The monoisotopic (exact) mass is 575 g/mol. The maximum absolute atomic E-state index is 13.1. The van der Waals surface area contributed by atoms with E-state index < -0.39 is 17.6 Å². The van der Waals surface area contributed by atoms with Crippen LogP contribution in [0, 0.1) is 0 Å². The number of benzene rings is 3. The zero-order chi connectivity index (χ0) is 27.9. The van der Waals surface area contributed by atoms with E-state index in [9.17, 15) is 18.0 Å². The van der Waals surface area contributed by atoms with Gasteiger partial charge in [0.25, 0.3) is 0 Å². The normalized spacial score (nSPS) is 11.8. The highest BCUT2D eigenvalue weighted by Crippen LogP contribution is 2.35. The summed E-state index contributed by atoms with van der Waals surface area (Å²) in [4.78, 5) is 18.8. The molecule has 1 N–H and O–H groups in total. The first-order chi connectivity index (χ1) is 19.2. The summed E-state index contributed by atoms with van der Waals surface area (Å²) in [5.41, 5.74) is 3.42. The Bertz CT molecular complexity index is 1830. The van der Waals surface area contributed by atoms with Crippen molar-refractivity contribution < 1.29 is 18.0 Å². The van der Waals surface area contributed by atoms with Gasteiger partial charge in [0.2, 0.25) is 5.91 Å². The number of thiophene rings is 1. The second-order valence-electron chi connectivity index (χ2n) is 9.34. The Morgan fingerprint density at radius 3 is 2.48 bits per heavy atom. The molecule has 0 aliphatic rings. The summed E-state index contributed by atoms with van der Waals surface area (Å²) in [5, 5.41) is 4.37. The molecule has 0 aliphatic heterocycles. The van der Waals surface area contributed by atoms with E-state index in [0.29, 0.717) is 11.4 Å². The van der Waals surface area contributed by atoms with E-state index in [4.69, 9.17) is 16.6 Å². The van der Waals surface area contributed by atoms with Crippen molar-refractivity contribution in [3.05, 3.63) is 113 Å². The fourth-order valence-corrected chi connectivity index (χ4v) is 5.85. The SMILES string of the molecule is O=C(CCc1c(-c2ccc(Cl)cc2)nc2ccc(-c3cc4ccccc4s3)cn12)Nc1cccc(C(F)(F)F)c1. The Morgan fingerprint density at radius 1 is 0.925 bits per heavy atom. The number of carbonyl (C=O) groups excluding carboxylic acids is 1. The number of aryl methyl sites for hydroxylation is 1. The van der Waals surface area contributed by atoms with Gasteiger partial charge in [-0.15, -0.1) is 11.3 Å². The molecular weight excluding hydrogens is 555 g/mol. The summed E-state index contributed by atoms with van der Waals surface area (Å²) >= 11 is 7.81. The van der Waals surface area contributed by atoms with E-state index in [0.717, 1.165) is 45.2 Å². The van der Waals surface area contributed by atoms with Crippen LogP contribution in [-0.2, 0) is 17.4 Å². The van der Waals surface area contributed by atoms with Gasteiger partial charge in [-0.1, -0.05) is 48.0 Å². The molecule has 0 bridgehead atoms. The third-order valence-corrected chi connectivity index (χ3v) is 8.02. The molecule has 200 valence electrons. The van der Waals surface area contributed by atoms with Crippen molar-refractivity contribution in [1.82, 2.24) is 9.38 Å². The van der Waals surface area contributed by atoms with Crippen molar-refractivity contribution in [2.75, 3.05) is 5.32 Å². The van der Waals surface area contributed by atoms with Crippen LogP contribution in [0.2, 0.25) is 5.02 Å². The van der Waals surface area contributed by atoms with Crippen LogP contribution < -0.4 is 5.32 Å². The molecule has 3 heterocycles. The van der Waals surface area contributed by atoms with Crippen LogP contribution in [-0.4, -0.2) is 15.3 Å². The molecule has 0 spiro atoms. The van der Waals surface area contributed by atoms with Gasteiger partial charge in [-0.25, -0.2) is 4.98 Å². The number of carbonyl (C=O) groups is 1. The number of pyridine rings is 1. The highest BCUT2D eigenvalue weighted by molar-refractivity contribution is 7.22. The van der Waals surface area contributed by atoms with Crippen molar-refractivity contribution in [2.24, 2.45) is 0 Å². The Morgan fingerprint density at radius 2 is 1.70 bits per heavy atom. The highest BCUT2D eigenvalue weighted by Gasteiger charge is 2.30. The number of fused-ring (bicyclic) bond motifs is 2. The van der Waals surface area contributed by atoms with E-state index in [1.807, 2.05) is 47.0 Å². The maximum Gasteiger partial charge on any atom is 0.416 e. The van der Waals surface area contributed by atoms with Crippen LogP contribution in [0.3, 0.4) is 0 Å². The van der Waals surface area contributed by atoms with Gasteiger partial charge in [-0.05, 0) is 66.4 Å². The minimum absolute atomic E-state index is 0.0533. The molecular formula is C31H21ClF3N3OS. The smallest absolute Gasteiger partial charge is 0.326 e. The fourth-order valence-electron chi connectivity index (χ4n) is 4.67. The molecule has 6 aromatic rings. The molecule has 0 saturated carbocycles. The van der Waals surface area contributed by atoms with E-state index in [-0.39, 0.29) is 12.1 Å². The number of amides is 1. The lowest BCUT2D eigenvalue weighted by molar-refractivity contribution is -0.137. The largest absolute Gasteiger partial charge is 0.416 e. The molecule has 3 aromatic carbocycles. The molecule has 9 heteroatoms. The van der Waals surface area contributed by atoms with Crippen molar-refractivity contribution in [2.45, 2.75) is 19.0 Å². The number of aromatic nitrogens is 2. The Labute approximate surface area is 236 Å². The molecule has 0 fully saturated rings. The number of alkyl halides is 3. The van der Waals surface area contributed by atoms with Gasteiger partial charge in [-0.2, -0.15) is 13.2 Å². The number of hydrogen-bond acceptors (Lipinski definition) is 3.